The normalized spacial score (nSPS) is 12.2. The van der Waals surface area contributed by atoms with Gasteiger partial charge in [-0.1, -0.05) is 37.6 Å². The van der Waals surface area contributed by atoms with Crippen LogP contribution in [0.25, 0.3) is 0 Å². The van der Waals surface area contributed by atoms with Crippen molar-refractivity contribution in [2.45, 2.75) is 45.7 Å². The molecule has 2 rings (SSSR count). The van der Waals surface area contributed by atoms with Crippen molar-refractivity contribution in [2.75, 3.05) is 0 Å². The Morgan fingerprint density at radius 1 is 1.24 bits per heavy atom. The molecule has 0 fully saturated rings. The van der Waals surface area contributed by atoms with E-state index in [1.54, 1.807) is 30.3 Å². The minimum absolute atomic E-state index is 0.213. The second kappa shape index (κ2) is 8.16. The second-order valence-corrected chi connectivity index (χ2v) is 6.32. The lowest BCUT2D eigenvalue weighted by atomic mass is 10.1. The van der Waals surface area contributed by atoms with Gasteiger partial charge in [0.05, 0.1) is 6.04 Å². The quantitative estimate of drug-likeness (QED) is 0.784. The van der Waals surface area contributed by atoms with Crippen LogP contribution in [-0.4, -0.2) is 26.8 Å². The summed E-state index contributed by atoms with van der Waals surface area (Å²) in [6.07, 6.45) is 1.81. The van der Waals surface area contributed by atoms with Crippen LogP contribution in [0, 0.1) is 6.92 Å². The number of nitrogens with zero attached hydrogens (tertiary/aromatic N) is 2. The number of benzene rings is 1. The predicted octanol–water partition coefficient (Wildman–Crippen LogP) is 3.76. The zero-order valence-electron chi connectivity index (χ0n) is 14.5. The Morgan fingerprint density at radius 3 is 2.36 bits per heavy atom. The van der Waals surface area contributed by atoms with E-state index in [-0.39, 0.29) is 11.7 Å². The number of carbonyl (C=O) groups is 2. The summed E-state index contributed by atoms with van der Waals surface area (Å²) in [7, 11) is 0. The molecule has 0 saturated carbocycles. The van der Waals surface area contributed by atoms with Crippen LogP contribution in [0.3, 0.4) is 0 Å². The highest BCUT2D eigenvalue weighted by Gasteiger charge is 2.24. The maximum Gasteiger partial charge on any atom is 0.330 e. The third kappa shape index (κ3) is 4.39. The molecule has 0 spiro atoms. The lowest BCUT2D eigenvalue weighted by Crippen LogP contribution is -2.34. The Hall–Kier alpha value is -2.34. The SMILES string of the molecule is CCC(CC)n1nc(C(=O)NC(C(=O)O)c2ccc(Cl)cc2)cc1C. The Kier molecular flexibility index (Phi) is 6.20. The fourth-order valence-electron chi connectivity index (χ4n) is 2.75. The molecule has 1 aromatic heterocycles. The first-order valence-electron chi connectivity index (χ1n) is 8.22. The van der Waals surface area contributed by atoms with Gasteiger partial charge in [-0.05, 0) is 43.5 Å². The molecule has 0 aliphatic heterocycles. The van der Waals surface area contributed by atoms with Crippen molar-refractivity contribution in [2.24, 2.45) is 0 Å². The van der Waals surface area contributed by atoms with Gasteiger partial charge in [0, 0.05) is 10.7 Å². The number of aryl methyl sites for hydroxylation is 1. The summed E-state index contributed by atoms with van der Waals surface area (Å²) in [5, 5.41) is 16.8. The van der Waals surface area contributed by atoms with Gasteiger partial charge in [0.25, 0.3) is 5.91 Å². The van der Waals surface area contributed by atoms with Gasteiger partial charge < -0.3 is 10.4 Å². The average Bonchev–Trinajstić information content (AvgIpc) is 2.96. The Morgan fingerprint density at radius 2 is 1.84 bits per heavy atom. The van der Waals surface area contributed by atoms with Gasteiger partial charge in [-0.2, -0.15) is 5.10 Å². The van der Waals surface area contributed by atoms with Crippen molar-refractivity contribution in [3.63, 3.8) is 0 Å². The number of carboxylic acids is 1. The van der Waals surface area contributed by atoms with Crippen molar-refractivity contribution in [3.8, 4) is 0 Å². The van der Waals surface area contributed by atoms with Crippen molar-refractivity contribution in [1.29, 1.82) is 0 Å². The highest BCUT2D eigenvalue weighted by Crippen LogP contribution is 2.20. The molecule has 0 saturated heterocycles. The number of amides is 1. The molecular formula is C18H22ClN3O3. The van der Waals surface area contributed by atoms with Gasteiger partial charge in [0.1, 0.15) is 5.69 Å². The number of hydrogen-bond donors (Lipinski definition) is 2. The van der Waals surface area contributed by atoms with E-state index in [1.807, 2.05) is 11.6 Å². The summed E-state index contributed by atoms with van der Waals surface area (Å²) >= 11 is 5.83. The van der Waals surface area contributed by atoms with Crippen LogP contribution >= 0.6 is 11.6 Å². The highest BCUT2D eigenvalue weighted by atomic mass is 35.5. The Balaban J connectivity index is 2.23. The minimum Gasteiger partial charge on any atom is -0.479 e. The number of carbonyl (C=O) groups excluding carboxylic acids is 1. The summed E-state index contributed by atoms with van der Waals surface area (Å²) < 4.78 is 1.83. The van der Waals surface area contributed by atoms with Crippen LogP contribution in [-0.2, 0) is 4.79 Å². The molecule has 7 heteroatoms. The molecule has 1 heterocycles. The zero-order chi connectivity index (χ0) is 18.6. The summed E-state index contributed by atoms with van der Waals surface area (Å²) in [5.41, 5.74) is 1.53. The fourth-order valence-corrected chi connectivity index (χ4v) is 2.88. The van der Waals surface area contributed by atoms with E-state index in [4.69, 9.17) is 11.6 Å². The van der Waals surface area contributed by atoms with Crippen molar-refractivity contribution < 1.29 is 14.7 Å². The van der Waals surface area contributed by atoms with E-state index in [0.717, 1.165) is 18.5 Å². The number of halogens is 1. The highest BCUT2D eigenvalue weighted by molar-refractivity contribution is 6.30. The molecule has 1 unspecified atom stereocenters. The molecule has 2 aromatic rings. The Bertz CT molecular complexity index is 751. The third-order valence-electron chi connectivity index (χ3n) is 4.17. The van der Waals surface area contributed by atoms with Crippen LogP contribution in [0.2, 0.25) is 5.02 Å². The summed E-state index contributed by atoms with van der Waals surface area (Å²) in [5.74, 6) is -1.66. The minimum atomic E-state index is -1.16. The van der Waals surface area contributed by atoms with Crippen LogP contribution in [0.1, 0.15) is 60.5 Å². The van der Waals surface area contributed by atoms with Gasteiger partial charge in [0.2, 0.25) is 0 Å². The molecule has 6 nitrogen and oxygen atoms in total. The third-order valence-corrected chi connectivity index (χ3v) is 4.42. The van der Waals surface area contributed by atoms with E-state index >= 15 is 0 Å². The standard InChI is InChI=1S/C18H22ClN3O3/c1-4-14(5-2)22-11(3)10-15(21-22)17(23)20-16(18(24)25)12-6-8-13(19)9-7-12/h6-10,14,16H,4-5H2,1-3H3,(H,20,23)(H,24,25). The van der Waals surface area contributed by atoms with E-state index < -0.39 is 17.9 Å². The molecule has 0 bridgehead atoms. The van der Waals surface area contributed by atoms with Gasteiger partial charge in [0.15, 0.2) is 6.04 Å². The van der Waals surface area contributed by atoms with E-state index in [0.29, 0.717) is 10.6 Å². The number of aliphatic carboxylic acids is 1. The number of nitrogens with one attached hydrogen (secondary N) is 1. The largest absolute Gasteiger partial charge is 0.479 e. The first-order valence-corrected chi connectivity index (χ1v) is 8.60. The van der Waals surface area contributed by atoms with Crippen molar-refractivity contribution in [1.82, 2.24) is 15.1 Å². The summed E-state index contributed by atoms with van der Waals surface area (Å²) in [6, 6.07) is 7.06. The van der Waals surface area contributed by atoms with Crippen molar-refractivity contribution in [3.05, 3.63) is 52.3 Å². The molecule has 1 aromatic carbocycles. The molecular weight excluding hydrogens is 342 g/mol. The molecule has 2 N–H and O–H groups in total. The molecule has 25 heavy (non-hydrogen) atoms. The van der Waals surface area contributed by atoms with Gasteiger partial charge >= 0.3 is 5.97 Å². The lowest BCUT2D eigenvalue weighted by Gasteiger charge is -2.15. The van der Waals surface area contributed by atoms with Gasteiger partial charge in [-0.25, -0.2) is 4.79 Å². The molecule has 0 aliphatic carbocycles. The second-order valence-electron chi connectivity index (χ2n) is 5.88. The summed E-state index contributed by atoms with van der Waals surface area (Å²) in [6.45, 7) is 6.02. The average molecular weight is 364 g/mol. The van der Waals surface area contributed by atoms with Crippen LogP contribution in [0.4, 0.5) is 0 Å². The number of aromatic nitrogens is 2. The fraction of sp³-hybridized carbons (Fsp3) is 0.389. The zero-order valence-corrected chi connectivity index (χ0v) is 15.2. The molecule has 1 amide bonds. The van der Waals surface area contributed by atoms with E-state index in [9.17, 15) is 14.7 Å². The first-order chi connectivity index (χ1) is 11.9. The van der Waals surface area contributed by atoms with Crippen LogP contribution in [0.5, 0.6) is 0 Å². The number of carboxylic acid groups (broad SMARTS) is 1. The van der Waals surface area contributed by atoms with E-state index in [2.05, 4.69) is 24.3 Å². The maximum atomic E-state index is 12.5. The molecule has 0 radical (unpaired) electrons. The topological polar surface area (TPSA) is 84.2 Å². The molecule has 1 atom stereocenters. The van der Waals surface area contributed by atoms with Crippen LogP contribution < -0.4 is 5.32 Å². The lowest BCUT2D eigenvalue weighted by molar-refractivity contribution is -0.139. The predicted molar refractivity (Wildman–Crippen MR) is 95.9 cm³/mol. The molecule has 0 aliphatic rings. The number of rotatable bonds is 7. The smallest absolute Gasteiger partial charge is 0.330 e. The first kappa shape index (κ1) is 19.0. The van der Waals surface area contributed by atoms with Gasteiger partial charge in [-0.15, -0.1) is 0 Å². The van der Waals surface area contributed by atoms with Gasteiger partial charge in [-0.3, -0.25) is 9.48 Å². The molecule has 134 valence electrons. The van der Waals surface area contributed by atoms with Crippen molar-refractivity contribution >= 4 is 23.5 Å². The van der Waals surface area contributed by atoms with E-state index in [1.165, 1.54) is 0 Å². The number of hydrogen-bond acceptors (Lipinski definition) is 3. The monoisotopic (exact) mass is 363 g/mol. The maximum absolute atomic E-state index is 12.5. The van der Waals surface area contributed by atoms with Crippen LogP contribution in [0.15, 0.2) is 30.3 Å². The Labute approximate surface area is 151 Å². The summed E-state index contributed by atoms with van der Waals surface area (Å²) in [4.78, 5) is 24.0.